The van der Waals surface area contributed by atoms with E-state index in [-0.39, 0.29) is 0 Å². The Morgan fingerprint density at radius 1 is 1.29 bits per heavy atom. The van der Waals surface area contributed by atoms with Crippen molar-refractivity contribution in [2.24, 2.45) is 11.8 Å². The van der Waals surface area contributed by atoms with Crippen molar-refractivity contribution in [1.29, 1.82) is 0 Å². The molecule has 0 saturated carbocycles. The first-order valence-electron chi connectivity index (χ1n) is 6.76. The molecule has 1 N–H and O–H groups in total. The maximum atomic E-state index is 4.34. The Balaban J connectivity index is 2.39. The number of hydrogen-bond acceptors (Lipinski definition) is 3. The molecular weight excluding hydrogens is 212 g/mol. The van der Waals surface area contributed by atoms with Gasteiger partial charge in [-0.25, -0.2) is 4.98 Å². The molecule has 1 rings (SSSR count). The van der Waals surface area contributed by atoms with E-state index < -0.39 is 0 Å². The van der Waals surface area contributed by atoms with Crippen LogP contribution >= 0.6 is 0 Å². The zero-order chi connectivity index (χ0) is 12.7. The third-order valence-corrected chi connectivity index (χ3v) is 3.36. The average Bonchev–Trinajstić information content (AvgIpc) is 2.76. The molecule has 0 aliphatic carbocycles. The van der Waals surface area contributed by atoms with E-state index >= 15 is 0 Å². The summed E-state index contributed by atoms with van der Waals surface area (Å²) >= 11 is 0. The fourth-order valence-corrected chi connectivity index (χ4v) is 1.91. The third kappa shape index (κ3) is 4.46. The summed E-state index contributed by atoms with van der Waals surface area (Å²) in [6.45, 7) is 12.0. The van der Waals surface area contributed by atoms with Crippen LogP contribution in [0.5, 0.6) is 0 Å². The summed E-state index contributed by atoms with van der Waals surface area (Å²) < 4.78 is 1.99. The van der Waals surface area contributed by atoms with Gasteiger partial charge >= 0.3 is 0 Å². The van der Waals surface area contributed by atoms with Crippen LogP contribution in [0.4, 0.5) is 0 Å². The normalized spacial score (nSPS) is 14.8. The van der Waals surface area contributed by atoms with Crippen LogP contribution in [-0.4, -0.2) is 27.9 Å². The van der Waals surface area contributed by atoms with Crippen LogP contribution in [0.1, 0.15) is 39.9 Å². The Hall–Kier alpha value is -0.900. The number of hydrogen-bond donors (Lipinski definition) is 1. The van der Waals surface area contributed by atoms with Gasteiger partial charge in [-0.1, -0.05) is 20.8 Å². The number of aromatic nitrogens is 3. The molecule has 1 aromatic heterocycles. The maximum Gasteiger partial charge on any atom is 0.138 e. The molecule has 0 fully saturated rings. The Morgan fingerprint density at radius 2 is 2.06 bits per heavy atom. The van der Waals surface area contributed by atoms with Gasteiger partial charge in [0.1, 0.15) is 12.2 Å². The van der Waals surface area contributed by atoms with Crippen LogP contribution in [0.2, 0.25) is 0 Å². The first kappa shape index (κ1) is 14.2. The molecule has 1 heterocycles. The van der Waals surface area contributed by atoms with Gasteiger partial charge in [0.15, 0.2) is 0 Å². The summed E-state index contributed by atoms with van der Waals surface area (Å²) in [6, 6.07) is 0. The molecule has 4 heteroatoms. The van der Waals surface area contributed by atoms with E-state index in [0.29, 0.717) is 11.8 Å². The average molecular weight is 238 g/mol. The van der Waals surface area contributed by atoms with Crippen molar-refractivity contribution in [1.82, 2.24) is 20.1 Å². The minimum absolute atomic E-state index is 0.633. The quantitative estimate of drug-likeness (QED) is 0.705. The molecule has 98 valence electrons. The van der Waals surface area contributed by atoms with Gasteiger partial charge in [-0.3, -0.25) is 4.68 Å². The lowest BCUT2D eigenvalue weighted by molar-refractivity contribution is 0.354. The molecule has 0 aromatic carbocycles. The second-order valence-corrected chi connectivity index (χ2v) is 4.85. The highest BCUT2D eigenvalue weighted by Gasteiger charge is 2.15. The fraction of sp³-hybridized carbons (Fsp3) is 0.846. The van der Waals surface area contributed by atoms with Crippen molar-refractivity contribution in [3.05, 3.63) is 12.2 Å². The van der Waals surface area contributed by atoms with Crippen LogP contribution in [0.25, 0.3) is 0 Å². The summed E-state index contributed by atoms with van der Waals surface area (Å²) in [5.41, 5.74) is 0. The lowest BCUT2D eigenvalue weighted by Gasteiger charge is -2.20. The van der Waals surface area contributed by atoms with Crippen molar-refractivity contribution in [3.8, 4) is 0 Å². The Bertz CT molecular complexity index is 308. The van der Waals surface area contributed by atoms with Gasteiger partial charge in [0.2, 0.25) is 0 Å². The van der Waals surface area contributed by atoms with Gasteiger partial charge in [-0.05, 0) is 38.3 Å². The molecule has 0 radical (unpaired) electrons. The zero-order valence-electron chi connectivity index (χ0n) is 11.6. The molecule has 0 aliphatic rings. The molecule has 17 heavy (non-hydrogen) atoms. The second-order valence-electron chi connectivity index (χ2n) is 4.85. The molecule has 2 atom stereocenters. The van der Waals surface area contributed by atoms with E-state index in [9.17, 15) is 0 Å². The van der Waals surface area contributed by atoms with Crippen LogP contribution in [0, 0.1) is 11.8 Å². The largest absolute Gasteiger partial charge is 0.316 e. The molecule has 0 bridgehead atoms. The molecule has 0 amide bonds. The second kappa shape index (κ2) is 7.43. The first-order valence-corrected chi connectivity index (χ1v) is 6.76. The summed E-state index contributed by atoms with van der Waals surface area (Å²) in [6.07, 6.45) is 3.87. The molecule has 0 spiro atoms. The van der Waals surface area contributed by atoms with Crippen molar-refractivity contribution in [2.45, 2.75) is 47.1 Å². The molecule has 0 aliphatic heterocycles. The Morgan fingerprint density at radius 3 is 2.71 bits per heavy atom. The highest BCUT2D eigenvalue weighted by molar-refractivity contribution is 4.87. The van der Waals surface area contributed by atoms with E-state index in [1.807, 2.05) is 4.68 Å². The minimum atomic E-state index is 0.633. The third-order valence-electron chi connectivity index (χ3n) is 3.36. The predicted octanol–water partition coefficient (Wildman–Crippen LogP) is 2.11. The van der Waals surface area contributed by atoms with E-state index in [4.69, 9.17) is 0 Å². The van der Waals surface area contributed by atoms with Crippen molar-refractivity contribution < 1.29 is 0 Å². The van der Waals surface area contributed by atoms with Gasteiger partial charge in [0.25, 0.3) is 0 Å². The van der Waals surface area contributed by atoms with Crippen LogP contribution in [-0.2, 0) is 13.0 Å². The first-order chi connectivity index (χ1) is 8.19. The van der Waals surface area contributed by atoms with E-state index in [0.717, 1.165) is 31.9 Å². The van der Waals surface area contributed by atoms with E-state index in [1.54, 1.807) is 6.33 Å². The standard InChI is InChI=1S/C13H26N4/c1-5-7-14-9-12(4)11(3)8-13-15-10-16-17(13)6-2/h10-12,14H,5-9H2,1-4H3. The number of nitrogens with zero attached hydrogens (tertiary/aromatic N) is 3. The highest BCUT2D eigenvalue weighted by atomic mass is 15.3. The van der Waals surface area contributed by atoms with Crippen LogP contribution in [0.3, 0.4) is 0 Å². The Labute approximate surface area is 105 Å². The van der Waals surface area contributed by atoms with E-state index in [2.05, 4.69) is 43.1 Å². The Kier molecular flexibility index (Phi) is 6.19. The lowest BCUT2D eigenvalue weighted by atomic mass is 9.92. The van der Waals surface area contributed by atoms with Gasteiger partial charge in [0, 0.05) is 13.0 Å². The number of nitrogens with one attached hydrogen (secondary N) is 1. The van der Waals surface area contributed by atoms with Gasteiger partial charge in [-0.2, -0.15) is 5.10 Å². The number of rotatable bonds is 8. The van der Waals surface area contributed by atoms with Crippen molar-refractivity contribution >= 4 is 0 Å². The lowest BCUT2D eigenvalue weighted by Crippen LogP contribution is -2.27. The van der Waals surface area contributed by atoms with Crippen LogP contribution < -0.4 is 5.32 Å². The van der Waals surface area contributed by atoms with Crippen LogP contribution in [0.15, 0.2) is 6.33 Å². The summed E-state index contributed by atoms with van der Waals surface area (Å²) in [5.74, 6) is 2.42. The monoisotopic (exact) mass is 238 g/mol. The molecule has 4 nitrogen and oxygen atoms in total. The molecular formula is C13H26N4. The molecule has 1 aromatic rings. The minimum Gasteiger partial charge on any atom is -0.316 e. The van der Waals surface area contributed by atoms with Gasteiger partial charge in [0.05, 0.1) is 0 Å². The topological polar surface area (TPSA) is 42.7 Å². The van der Waals surface area contributed by atoms with Crippen molar-refractivity contribution in [3.63, 3.8) is 0 Å². The van der Waals surface area contributed by atoms with Gasteiger partial charge in [-0.15, -0.1) is 0 Å². The van der Waals surface area contributed by atoms with Crippen molar-refractivity contribution in [2.75, 3.05) is 13.1 Å². The smallest absolute Gasteiger partial charge is 0.138 e. The SMILES string of the molecule is CCCNCC(C)C(C)Cc1ncnn1CC. The molecule has 0 saturated heterocycles. The maximum absolute atomic E-state index is 4.34. The van der Waals surface area contributed by atoms with Gasteiger partial charge < -0.3 is 5.32 Å². The molecule has 2 unspecified atom stereocenters. The summed E-state index contributed by atoms with van der Waals surface area (Å²) in [7, 11) is 0. The van der Waals surface area contributed by atoms with E-state index in [1.165, 1.54) is 6.42 Å². The predicted molar refractivity (Wildman–Crippen MR) is 70.9 cm³/mol. The summed E-state index contributed by atoms with van der Waals surface area (Å²) in [4.78, 5) is 4.34. The summed E-state index contributed by atoms with van der Waals surface area (Å²) in [5, 5.41) is 7.69. The zero-order valence-corrected chi connectivity index (χ0v) is 11.6. The number of aryl methyl sites for hydroxylation is 1. The highest BCUT2D eigenvalue weighted by Crippen LogP contribution is 2.15. The fourth-order valence-electron chi connectivity index (χ4n) is 1.91.